The van der Waals surface area contributed by atoms with Crippen LogP contribution in [0.5, 0.6) is 0 Å². The highest BCUT2D eigenvalue weighted by molar-refractivity contribution is 5.96. The van der Waals surface area contributed by atoms with Crippen LogP contribution in [-0.4, -0.2) is 39.8 Å². The van der Waals surface area contributed by atoms with E-state index in [-0.39, 0.29) is 11.9 Å². The van der Waals surface area contributed by atoms with Crippen molar-refractivity contribution < 1.29 is 14.3 Å². The molecule has 31 heavy (non-hydrogen) atoms. The van der Waals surface area contributed by atoms with Crippen LogP contribution in [0.3, 0.4) is 0 Å². The Kier molecular flexibility index (Phi) is 3.81. The maximum absolute atomic E-state index is 13.6. The second-order valence-electron chi connectivity index (χ2n) is 8.66. The predicted octanol–water partition coefficient (Wildman–Crippen LogP) is 3.47. The topological polar surface area (TPSA) is 72.4 Å². The minimum absolute atomic E-state index is 0.112. The molecule has 2 aromatic heterocycles. The quantitative estimate of drug-likeness (QED) is 0.617. The van der Waals surface area contributed by atoms with E-state index in [9.17, 15) is 9.59 Å². The first-order chi connectivity index (χ1) is 15.1. The Morgan fingerprint density at radius 2 is 1.87 bits per heavy atom. The van der Waals surface area contributed by atoms with Crippen molar-refractivity contribution in [3.63, 3.8) is 0 Å². The standard InChI is InChI=1S/C25H21N3O3/c29-22-19-5-1-2-6-20(19)25(31-22)11-13-28(16-25)23(30)24(9-10-24)18-7-8-21(27-15-18)17-4-3-12-26-14-17/h1-8,12,14-15H,9-11,13,16H2/t25-/m0/s1. The van der Waals surface area contributed by atoms with Gasteiger partial charge in [-0.3, -0.25) is 14.8 Å². The molecular weight excluding hydrogens is 390 g/mol. The van der Waals surface area contributed by atoms with Crippen molar-refractivity contribution in [3.8, 4) is 11.3 Å². The molecule has 2 aliphatic heterocycles. The van der Waals surface area contributed by atoms with Crippen LogP contribution in [-0.2, 0) is 20.5 Å². The summed E-state index contributed by atoms with van der Waals surface area (Å²) in [6.45, 7) is 1.00. The monoisotopic (exact) mass is 411 g/mol. The van der Waals surface area contributed by atoms with E-state index in [4.69, 9.17) is 4.74 Å². The van der Waals surface area contributed by atoms with Crippen LogP contribution in [0, 0.1) is 0 Å². The van der Waals surface area contributed by atoms with Crippen molar-refractivity contribution in [3.05, 3.63) is 83.8 Å². The van der Waals surface area contributed by atoms with Gasteiger partial charge in [0, 0.05) is 42.7 Å². The fourth-order valence-corrected chi connectivity index (χ4v) is 5.02. The first kappa shape index (κ1) is 18.2. The highest BCUT2D eigenvalue weighted by Gasteiger charge is 2.57. The molecule has 4 heterocycles. The number of aromatic nitrogens is 2. The largest absolute Gasteiger partial charge is 0.449 e. The normalized spacial score (nSPS) is 23.0. The minimum atomic E-state index is -0.707. The number of carbonyl (C=O) groups is 2. The van der Waals surface area contributed by atoms with Gasteiger partial charge in [-0.15, -0.1) is 0 Å². The van der Waals surface area contributed by atoms with E-state index in [2.05, 4.69) is 9.97 Å². The molecule has 0 radical (unpaired) electrons. The van der Waals surface area contributed by atoms with Gasteiger partial charge in [-0.2, -0.15) is 0 Å². The number of amides is 1. The number of esters is 1. The van der Waals surface area contributed by atoms with Crippen molar-refractivity contribution >= 4 is 11.9 Å². The highest BCUT2D eigenvalue weighted by Crippen LogP contribution is 2.52. The number of hydrogen-bond acceptors (Lipinski definition) is 5. The molecule has 1 saturated carbocycles. The molecule has 0 unspecified atom stereocenters. The molecule has 3 aromatic rings. The van der Waals surface area contributed by atoms with Crippen molar-refractivity contribution in [2.24, 2.45) is 0 Å². The zero-order valence-corrected chi connectivity index (χ0v) is 17.0. The second kappa shape index (κ2) is 6.48. The van der Waals surface area contributed by atoms with Crippen LogP contribution in [0.15, 0.2) is 67.1 Å². The van der Waals surface area contributed by atoms with Gasteiger partial charge in [-0.05, 0) is 42.7 Å². The number of nitrogens with zero attached hydrogens (tertiary/aromatic N) is 3. The van der Waals surface area contributed by atoms with Crippen molar-refractivity contribution in [2.75, 3.05) is 13.1 Å². The zero-order chi connectivity index (χ0) is 21.1. The van der Waals surface area contributed by atoms with Crippen molar-refractivity contribution in [1.29, 1.82) is 0 Å². The van der Waals surface area contributed by atoms with E-state index in [0.29, 0.717) is 25.1 Å². The van der Waals surface area contributed by atoms with Gasteiger partial charge >= 0.3 is 5.97 Å². The molecule has 6 nitrogen and oxygen atoms in total. The fraction of sp³-hybridized carbons (Fsp3) is 0.280. The lowest BCUT2D eigenvalue weighted by atomic mass is 9.91. The Balaban J connectivity index is 1.25. The van der Waals surface area contributed by atoms with Gasteiger partial charge in [0.2, 0.25) is 5.91 Å². The summed E-state index contributed by atoms with van der Waals surface area (Å²) in [6, 6.07) is 15.3. The van der Waals surface area contributed by atoms with Crippen molar-refractivity contribution in [1.82, 2.24) is 14.9 Å². The number of hydrogen-bond donors (Lipinski definition) is 0. The van der Waals surface area contributed by atoms with Crippen LogP contribution in [0.4, 0.5) is 0 Å². The highest BCUT2D eigenvalue weighted by atomic mass is 16.6. The van der Waals surface area contributed by atoms with Crippen LogP contribution in [0.25, 0.3) is 11.3 Å². The summed E-state index contributed by atoms with van der Waals surface area (Å²) in [6.07, 6.45) is 7.61. The Morgan fingerprint density at radius 3 is 2.61 bits per heavy atom. The Labute approximate surface area is 179 Å². The summed E-state index contributed by atoms with van der Waals surface area (Å²) >= 11 is 0. The molecule has 154 valence electrons. The van der Waals surface area contributed by atoms with Gasteiger partial charge in [0.15, 0.2) is 5.60 Å². The zero-order valence-electron chi connectivity index (χ0n) is 17.0. The first-order valence-corrected chi connectivity index (χ1v) is 10.6. The SMILES string of the molecule is O=C1O[C@]2(CCN(C(=O)C3(c4ccc(-c5cccnc5)nc4)CC3)C2)c2ccccc21. The third kappa shape index (κ3) is 2.71. The number of carbonyl (C=O) groups excluding carboxylic acids is 2. The second-order valence-corrected chi connectivity index (χ2v) is 8.66. The average Bonchev–Trinajstić information content (AvgIpc) is 3.46. The molecule has 6 heteroatoms. The molecule has 1 amide bonds. The molecule has 6 rings (SSSR count). The molecule has 3 aliphatic rings. The van der Waals surface area contributed by atoms with E-state index in [1.54, 1.807) is 18.5 Å². The number of likely N-dealkylation sites (tertiary alicyclic amines) is 1. The van der Waals surface area contributed by atoms with E-state index < -0.39 is 11.0 Å². The number of pyridine rings is 2. The van der Waals surface area contributed by atoms with Gasteiger partial charge in [-0.25, -0.2) is 4.79 Å². The summed E-state index contributed by atoms with van der Waals surface area (Å²) in [5, 5.41) is 0. The molecule has 0 N–H and O–H groups in total. The third-order valence-corrected chi connectivity index (χ3v) is 6.88. The van der Waals surface area contributed by atoms with Crippen LogP contribution in [0.2, 0.25) is 0 Å². The van der Waals surface area contributed by atoms with Gasteiger partial charge in [0.1, 0.15) is 0 Å². The Hall–Kier alpha value is -3.54. The molecule has 1 aliphatic carbocycles. The molecule has 1 spiro atoms. The predicted molar refractivity (Wildman–Crippen MR) is 113 cm³/mol. The van der Waals surface area contributed by atoms with E-state index in [0.717, 1.165) is 35.2 Å². The number of ether oxygens (including phenoxy) is 1. The van der Waals surface area contributed by atoms with E-state index in [1.165, 1.54) is 0 Å². The van der Waals surface area contributed by atoms with Gasteiger partial charge in [0.05, 0.1) is 23.2 Å². The maximum Gasteiger partial charge on any atom is 0.339 e. The summed E-state index contributed by atoms with van der Waals surface area (Å²) in [5.41, 5.74) is 3.06. The molecule has 1 atom stereocenters. The lowest BCUT2D eigenvalue weighted by Crippen LogP contribution is -2.40. The fourth-order valence-electron chi connectivity index (χ4n) is 5.02. The third-order valence-electron chi connectivity index (χ3n) is 6.88. The molecule has 0 bridgehead atoms. The van der Waals surface area contributed by atoms with E-state index in [1.807, 2.05) is 53.6 Å². The summed E-state index contributed by atoms with van der Waals surface area (Å²) in [4.78, 5) is 36.5. The maximum atomic E-state index is 13.6. The molecule has 1 aromatic carbocycles. The summed E-state index contributed by atoms with van der Waals surface area (Å²) in [7, 11) is 0. The average molecular weight is 411 g/mol. The summed E-state index contributed by atoms with van der Waals surface area (Å²) in [5.74, 6) is -0.179. The number of rotatable bonds is 3. The van der Waals surface area contributed by atoms with Crippen molar-refractivity contribution in [2.45, 2.75) is 30.3 Å². The smallest absolute Gasteiger partial charge is 0.339 e. The number of fused-ring (bicyclic) bond motifs is 2. The lowest BCUT2D eigenvalue weighted by Gasteiger charge is -2.26. The van der Waals surface area contributed by atoms with Gasteiger partial charge < -0.3 is 9.64 Å². The van der Waals surface area contributed by atoms with E-state index >= 15 is 0 Å². The van der Waals surface area contributed by atoms with Gasteiger partial charge in [0.25, 0.3) is 0 Å². The summed E-state index contributed by atoms with van der Waals surface area (Å²) < 4.78 is 5.81. The number of benzene rings is 1. The van der Waals surface area contributed by atoms with Crippen LogP contribution in [0.1, 0.15) is 40.7 Å². The van der Waals surface area contributed by atoms with Gasteiger partial charge in [-0.1, -0.05) is 24.3 Å². The molecule has 1 saturated heterocycles. The Bertz CT molecular complexity index is 1190. The lowest BCUT2D eigenvalue weighted by molar-refractivity contribution is -0.134. The minimum Gasteiger partial charge on any atom is -0.449 e. The molecule has 2 fully saturated rings. The van der Waals surface area contributed by atoms with Crippen LogP contribution < -0.4 is 0 Å². The Morgan fingerprint density at radius 1 is 1.00 bits per heavy atom. The van der Waals surface area contributed by atoms with Crippen LogP contribution >= 0.6 is 0 Å². The first-order valence-electron chi connectivity index (χ1n) is 10.6. The molecular formula is C25H21N3O3.